The van der Waals surface area contributed by atoms with Crippen molar-refractivity contribution in [1.29, 1.82) is 0 Å². The summed E-state index contributed by atoms with van der Waals surface area (Å²) in [5.74, 6) is 0.492. The van der Waals surface area contributed by atoms with Crippen molar-refractivity contribution < 1.29 is 17.9 Å². The molecule has 7 heteroatoms. The van der Waals surface area contributed by atoms with Crippen molar-refractivity contribution in [2.45, 2.75) is 38.0 Å². The molecule has 1 rings (SSSR count). The van der Waals surface area contributed by atoms with Crippen LogP contribution < -0.4 is 0 Å². The SMILES string of the molecule is COC(=O)CCCS(=O)(=O)N1CCS[C@@H](C)[C@H]1C. The predicted molar refractivity (Wildman–Crippen MR) is 73.1 cm³/mol. The van der Waals surface area contributed by atoms with Gasteiger partial charge in [0.2, 0.25) is 10.0 Å². The van der Waals surface area contributed by atoms with E-state index in [0.717, 1.165) is 5.75 Å². The van der Waals surface area contributed by atoms with E-state index in [0.29, 0.717) is 18.2 Å². The van der Waals surface area contributed by atoms with Gasteiger partial charge in [-0.05, 0) is 13.3 Å². The molecule has 5 nitrogen and oxygen atoms in total. The molecule has 0 amide bonds. The summed E-state index contributed by atoms with van der Waals surface area (Å²) in [5, 5.41) is 0.314. The topological polar surface area (TPSA) is 63.7 Å². The largest absolute Gasteiger partial charge is 0.469 e. The second-order valence-corrected chi connectivity index (χ2v) is 7.95. The molecule has 106 valence electrons. The van der Waals surface area contributed by atoms with Gasteiger partial charge < -0.3 is 4.74 Å². The predicted octanol–water partition coefficient (Wildman–Crippen LogP) is 1.10. The molecule has 1 heterocycles. The number of hydrogen-bond donors (Lipinski definition) is 0. The van der Waals surface area contributed by atoms with Crippen molar-refractivity contribution in [3.63, 3.8) is 0 Å². The third kappa shape index (κ3) is 4.13. The van der Waals surface area contributed by atoms with E-state index in [1.165, 1.54) is 7.11 Å². The fourth-order valence-electron chi connectivity index (χ4n) is 1.92. The van der Waals surface area contributed by atoms with Gasteiger partial charge >= 0.3 is 5.97 Å². The second-order valence-electron chi connectivity index (χ2n) is 4.42. The highest BCUT2D eigenvalue weighted by atomic mass is 32.2. The number of nitrogens with zero attached hydrogens (tertiary/aromatic N) is 1. The van der Waals surface area contributed by atoms with E-state index >= 15 is 0 Å². The fraction of sp³-hybridized carbons (Fsp3) is 0.909. The minimum atomic E-state index is -3.26. The third-order valence-electron chi connectivity index (χ3n) is 3.19. The van der Waals surface area contributed by atoms with E-state index in [2.05, 4.69) is 4.74 Å². The van der Waals surface area contributed by atoms with Crippen LogP contribution in [0.15, 0.2) is 0 Å². The molecule has 0 aliphatic carbocycles. The van der Waals surface area contributed by atoms with E-state index in [-0.39, 0.29) is 24.2 Å². The Morgan fingerprint density at radius 1 is 1.44 bits per heavy atom. The van der Waals surface area contributed by atoms with Crippen LogP contribution in [-0.2, 0) is 19.6 Å². The van der Waals surface area contributed by atoms with Crippen LogP contribution in [0.25, 0.3) is 0 Å². The van der Waals surface area contributed by atoms with E-state index < -0.39 is 10.0 Å². The maximum Gasteiger partial charge on any atom is 0.305 e. The lowest BCUT2D eigenvalue weighted by Gasteiger charge is -2.36. The molecule has 0 bridgehead atoms. The van der Waals surface area contributed by atoms with Crippen LogP contribution in [0.1, 0.15) is 26.7 Å². The van der Waals surface area contributed by atoms with Crippen LogP contribution in [-0.4, -0.2) is 55.1 Å². The number of carbonyl (C=O) groups excluding carboxylic acids is 1. The average molecular weight is 295 g/mol. The van der Waals surface area contributed by atoms with Gasteiger partial charge in [-0.15, -0.1) is 0 Å². The van der Waals surface area contributed by atoms with Gasteiger partial charge in [0.15, 0.2) is 0 Å². The van der Waals surface area contributed by atoms with Gasteiger partial charge in [-0.3, -0.25) is 4.79 Å². The summed E-state index contributed by atoms with van der Waals surface area (Å²) < 4.78 is 30.4. The lowest BCUT2D eigenvalue weighted by Crippen LogP contribution is -2.48. The summed E-state index contributed by atoms with van der Waals surface area (Å²) in [6, 6.07) is 0.0203. The van der Waals surface area contributed by atoms with Gasteiger partial charge in [0.05, 0.1) is 12.9 Å². The van der Waals surface area contributed by atoms with E-state index in [1.54, 1.807) is 16.1 Å². The number of thioether (sulfide) groups is 1. The first-order chi connectivity index (χ1) is 8.38. The molecule has 1 aliphatic rings. The highest BCUT2D eigenvalue weighted by Crippen LogP contribution is 2.26. The Bertz CT molecular complexity index is 383. The Morgan fingerprint density at radius 3 is 2.72 bits per heavy atom. The molecule has 2 atom stereocenters. The standard InChI is InChI=1S/C11H21NO4S2/c1-9-10(2)17-7-6-12(9)18(14,15)8-4-5-11(13)16-3/h9-10H,4-8H2,1-3H3/t9-,10+/m1/s1. The molecule has 18 heavy (non-hydrogen) atoms. The molecule has 0 N–H and O–H groups in total. The molecule has 0 spiro atoms. The first kappa shape index (κ1) is 15.8. The van der Waals surface area contributed by atoms with Crippen molar-refractivity contribution >= 4 is 27.8 Å². The zero-order valence-electron chi connectivity index (χ0n) is 11.1. The van der Waals surface area contributed by atoms with Crippen molar-refractivity contribution in [3.8, 4) is 0 Å². The molecule has 0 aromatic rings. The van der Waals surface area contributed by atoms with Gasteiger partial charge in [-0.2, -0.15) is 16.1 Å². The second kappa shape index (κ2) is 6.77. The van der Waals surface area contributed by atoms with Crippen molar-refractivity contribution in [3.05, 3.63) is 0 Å². The lowest BCUT2D eigenvalue weighted by molar-refractivity contribution is -0.140. The highest BCUT2D eigenvalue weighted by molar-refractivity contribution is 8.00. The average Bonchev–Trinajstić information content (AvgIpc) is 2.32. The Labute approximate surface area is 113 Å². The number of hydrogen-bond acceptors (Lipinski definition) is 5. The first-order valence-electron chi connectivity index (χ1n) is 6.06. The molecule has 0 saturated carbocycles. The van der Waals surface area contributed by atoms with Crippen LogP contribution in [0.5, 0.6) is 0 Å². The van der Waals surface area contributed by atoms with E-state index in [9.17, 15) is 13.2 Å². The van der Waals surface area contributed by atoms with E-state index in [1.807, 2.05) is 13.8 Å². The highest BCUT2D eigenvalue weighted by Gasteiger charge is 2.33. The minimum absolute atomic E-state index is 0.0177. The van der Waals surface area contributed by atoms with Crippen LogP contribution in [0.3, 0.4) is 0 Å². The Hall–Kier alpha value is -0.270. The lowest BCUT2D eigenvalue weighted by atomic mass is 10.2. The normalized spacial score (nSPS) is 25.9. The van der Waals surface area contributed by atoms with Gasteiger partial charge in [0.25, 0.3) is 0 Å². The van der Waals surface area contributed by atoms with Gasteiger partial charge in [-0.1, -0.05) is 6.92 Å². The zero-order chi connectivity index (χ0) is 13.8. The van der Waals surface area contributed by atoms with Crippen LogP contribution in [0, 0.1) is 0 Å². The molecule has 1 aliphatic heterocycles. The number of sulfonamides is 1. The summed E-state index contributed by atoms with van der Waals surface area (Å²) >= 11 is 1.80. The molecular formula is C11H21NO4S2. The Balaban J connectivity index is 2.54. The molecular weight excluding hydrogens is 274 g/mol. The maximum atomic E-state index is 12.2. The summed E-state index contributed by atoms with van der Waals surface area (Å²) in [6.07, 6.45) is 0.474. The number of rotatable bonds is 5. The quantitative estimate of drug-likeness (QED) is 0.711. The number of ether oxygens (including phenoxy) is 1. The molecule has 0 radical (unpaired) electrons. The Kier molecular flexibility index (Phi) is 5.94. The smallest absolute Gasteiger partial charge is 0.305 e. The van der Waals surface area contributed by atoms with Gasteiger partial charge in [0, 0.05) is 30.0 Å². The number of carbonyl (C=O) groups is 1. The van der Waals surface area contributed by atoms with E-state index in [4.69, 9.17) is 0 Å². The van der Waals surface area contributed by atoms with Crippen LogP contribution in [0.4, 0.5) is 0 Å². The number of esters is 1. The summed E-state index contributed by atoms with van der Waals surface area (Å²) in [6.45, 7) is 4.55. The third-order valence-corrected chi connectivity index (χ3v) is 6.57. The van der Waals surface area contributed by atoms with Crippen molar-refractivity contribution in [2.75, 3.05) is 25.2 Å². The van der Waals surface area contributed by atoms with Gasteiger partial charge in [0.1, 0.15) is 0 Å². The maximum absolute atomic E-state index is 12.2. The molecule has 1 saturated heterocycles. The van der Waals surface area contributed by atoms with Crippen molar-refractivity contribution in [2.24, 2.45) is 0 Å². The van der Waals surface area contributed by atoms with Crippen LogP contribution in [0.2, 0.25) is 0 Å². The minimum Gasteiger partial charge on any atom is -0.469 e. The van der Waals surface area contributed by atoms with Crippen molar-refractivity contribution in [1.82, 2.24) is 4.31 Å². The zero-order valence-corrected chi connectivity index (χ0v) is 12.7. The molecule has 1 fully saturated rings. The summed E-state index contributed by atoms with van der Waals surface area (Å²) in [4.78, 5) is 11.0. The van der Waals surface area contributed by atoms with Crippen LogP contribution >= 0.6 is 11.8 Å². The summed E-state index contributed by atoms with van der Waals surface area (Å²) in [5.41, 5.74) is 0. The Morgan fingerprint density at radius 2 is 2.11 bits per heavy atom. The molecule has 0 unspecified atom stereocenters. The monoisotopic (exact) mass is 295 g/mol. The number of methoxy groups -OCH3 is 1. The molecule has 0 aromatic carbocycles. The first-order valence-corrected chi connectivity index (χ1v) is 8.72. The fourth-order valence-corrected chi connectivity index (χ4v) is 5.01. The molecule has 0 aromatic heterocycles. The van der Waals surface area contributed by atoms with Gasteiger partial charge in [-0.25, -0.2) is 8.42 Å². The summed E-state index contributed by atoms with van der Waals surface area (Å²) in [7, 11) is -1.95.